The van der Waals surface area contributed by atoms with Crippen molar-refractivity contribution in [1.29, 1.82) is 0 Å². The van der Waals surface area contributed by atoms with Gasteiger partial charge in [-0.1, -0.05) is 48.0 Å². The molecule has 10 heteroatoms. The van der Waals surface area contributed by atoms with Crippen LogP contribution in [0.1, 0.15) is 28.3 Å². The molecule has 0 amide bonds. The van der Waals surface area contributed by atoms with Gasteiger partial charge in [0.25, 0.3) is 0 Å². The van der Waals surface area contributed by atoms with Crippen LogP contribution in [0, 0.1) is 6.92 Å². The van der Waals surface area contributed by atoms with E-state index in [1.165, 1.54) is 0 Å². The molecular weight excluding hydrogens is 528 g/mol. The minimum atomic E-state index is -0.337. The van der Waals surface area contributed by atoms with E-state index < -0.39 is 0 Å². The van der Waals surface area contributed by atoms with Crippen molar-refractivity contribution in [2.24, 2.45) is 0 Å². The molecule has 3 aromatic carbocycles. The van der Waals surface area contributed by atoms with Gasteiger partial charge in [0.05, 0.1) is 47.7 Å². The third kappa shape index (κ3) is 3.70. The maximum atomic E-state index is 6.51. The highest BCUT2D eigenvalue weighted by Gasteiger charge is 2.38. The van der Waals surface area contributed by atoms with Gasteiger partial charge in [-0.3, -0.25) is 0 Å². The third-order valence-corrected chi connectivity index (χ3v) is 7.41. The van der Waals surface area contributed by atoms with Crippen LogP contribution in [0.4, 0.5) is 0 Å². The zero-order valence-electron chi connectivity index (χ0n) is 21.9. The zero-order chi connectivity index (χ0) is 27.4. The van der Waals surface area contributed by atoms with Crippen molar-refractivity contribution in [3.05, 3.63) is 107 Å². The van der Waals surface area contributed by atoms with Crippen LogP contribution in [0.15, 0.2) is 79.1 Å². The summed E-state index contributed by atoms with van der Waals surface area (Å²) in [5, 5.41) is 10.2. The van der Waals surface area contributed by atoms with E-state index in [4.69, 9.17) is 41.0 Å². The standard InChI is InChI=1S/C30H23ClN6O3/c1-17-24-25(18-13-14-22(38-2)23(15-18)39-3)26-28-33-27(20-11-7-8-12-21(20)31)35-36(28)16-32-29(26)40-30(24)37(34-17)19-9-5-4-6-10-19/h4-16,25H,1-3H3/t25-/m1/s1. The SMILES string of the molecule is COc1ccc([C@@H]2c3c(C)nn(-c4ccccc4)c3Oc3ncn4nc(-c5ccccc5Cl)nc4c32)cc1OC. The molecule has 7 rings (SSSR count). The Hall–Kier alpha value is -4.89. The highest BCUT2D eigenvalue weighted by Crippen LogP contribution is 2.50. The Kier molecular flexibility index (Phi) is 5.67. The second kappa shape index (κ2) is 9.39. The average molecular weight is 551 g/mol. The first-order chi connectivity index (χ1) is 19.6. The summed E-state index contributed by atoms with van der Waals surface area (Å²) in [5.41, 5.74) is 5.65. The van der Waals surface area contributed by atoms with Crippen LogP contribution < -0.4 is 14.2 Å². The lowest BCUT2D eigenvalue weighted by Crippen LogP contribution is -2.16. The Bertz CT molecular complexity index is 1900. The average Bonchev–Trinajstić information content (AvgIpc) is 3.57. The van der Waals surface area contributed by atoms with Crippen molar-refractivity contribution < 1.29 is 14.2 Å². The maximum absolute atomic E-state index is 6.51. The summed E-state index contributed by atoms with van der Waals surface area (Å²) >= 11 is 6.50. The number of para-hydroxylation sites is 1. The summed E-state index contributed by atoms with van der Waals surface area (Å²) in [4.78, 5) is 9.62. The molecule has 1 atom stereocenters. The number of aryl methyl sites for hydroxylation is 1. The van der Waals surface area contributed by atoms with Crippen molar-refractivity contribution in [1.82, 2.24) is 29.4 Å². The Morgan fingerprint density at radius 1 is 0.875 bits per heavy atom. The monoisotopic (exact) mass is 550 g/mol. The Morgan fingerprint density at radius 2 is 1.65 bits per heavy atom. The van der Waals surface area contributed by atoms with E-state index in [0.717, 1.165) is 33.6 Å². The molecule has 4 heterocycles. The molecule has 9 nitrogen and oxygen atoms in total. The van der Waals surface area contributed by atoms with E-state index in [9.17, 15) is 0 Å². The topological polar surface area (TPSA) is 88.6 Å². The van der Waals surface area contributed by atoms with E-state index >= 15 is 0 Å². The van der Waals surface area contributed by atoms with E-state index in [1.54, 1.807) is 25.1 Å². The number of fused-ring (bicyclic) bond motifs is 4. The molecule has 0 N–H and O–H groups in total. The molecule has 1 aliphatic rings. The molecule has 0 spiro atoms. The van der Waals surface area contributed by atoms with Crippen molar-refractivity contribution in [3.63, 3.8) is 0 Å². The first-order valence-electron chi connectivity index (χ1n) is 12.6. The summed E-state index contributed by atoms with van der Waals surface area (Å²) in [5.74, 6) is 2.43. The summed E-state index contributed by atoms with van der Waals surface area (Å²) in [6, 6.07) is 23.3. The van der Waals surface area contributed by atoms with Gasteiger partial charge in [0.15, 0.2) is 23.0 Å². The first-order valence-corrected chi connectivity index (χ1v) is 13.0. The van der Waals surface area contributed by atoms with Gasteiger partial charge < -0.3 is 14.2 Å². The molecule has 0 fully saturated rings. The van der Waals surface area contributed by atoms with Crippen molar-refractivity contribution in [2.75, 3.05) is 14.2 Å². The minimum Gasteiger partial charge on any atom is -0.493 e. The maximum Gasteiger partial charge on any atom is 0.230 e. The lowest BCUT2D eigenvalue weighted by atomic mass is 9.84. The number of halogens is 1. The van der Waals surface area contributed by atoms with Gasteiger partial charge in [-0.2, -0.15) is 5.10 Å². The molecule has 0 saturated carbocycles. The highest BCUT2D eigenvalue weighted by molar-refractivity contribution is 6.33. The molecular formula is C30H23ClN6O3. The number of rotatable bonds is 5. The molecule has 0 unspecified atom stereocenters. The molecule has 1 aliphatic heterocycles. The lowest BCUT2D eigenvalue weighted by Gasteiger charge is -2.26. The quantitative estimate of drug-likeness (QED) is 0.250. The van der Waals surface area contributed by atoms with E-state index in [2.05, 4.69) is 4.98 Å². The smallest absolute Gasteiger partial charge is 0.230 e. The fourth-order valence-corrected chi connectivity index (χ4v) is 5.47. The predicted octanol–water partition coefficient (Wildman–Crippen LogP) is 6.24. The van der Waals surface area contributed by atoms with Crippen molar-refractivity contribution in [3.8, 4) is 40.3 Å². The van der Waals surface area contributed by atoms with E-state index in [1.807, 2.05) is 84.4 Å². The summed E-state index contributed by atoms with van der Waals surface area (Å²) in [6.45, 7) is 1.98. The van der Waals surface area contributed by atoms with Gasteiger partial charge in [0.1, 0.15) is 6.33 Å². The number of ether oxygens (including phenoxy) is 3. The molecule has 0 aliphatic carbocycles. The van der Waals surface area contributed by atoms with Crippen LogP contribution >= 0.6 is 11.6 Å². The Balaban J connectivity index is 1.51. The summed E-state index contributed by atoms with van der Waals surface area (Å²) < 4.78 is 21.2. The molecule has 0 bridgehead atoms. The number of hydrogen-bond donors (Lipinski definition) is 0. The largest absolute Gasteiger partial charge is 0.493 e. The summed E-state index contributed by atoms with van der Waals surface area (Å²) in [7, 11) is 3.24. The van der Waals surface area contributed by atoms with Gasteiger partial charge in [-0.25, -0.2) is 19.2 Å². The number of aromatic nitrogens is 6. The normalized spacial score (nSPS) is 13.9. The first kappa shape index (κ1) is 24.2. The molecule has 6 aromatic rings. The predicted molar refractivity (Wildman–Crippen MR) is 150 cm³/mol. The third-order valence-electron chi connectivity index (χ3n) is 7.08. The fraction of sp³-hybridized carbons (Fsp3) is 0.133. The molecule has 198 valence electrons. The second-order valence-electron chi connectivity index (χ2n) is 9.35. The van der Waals surface area contributed by atoms with Gasteiger partial charge in [-0.15, -0.1) is 5.10 Å². The fourth-order valence-electron chi connectivity index (χ4n) is 5.24. The molecule has 0 saturated heterocycles. The van der Waals surface area contributed by atoms with Gasteiger partial charge >= 0.3 is 0 Å². The Morgan fingerprint density at radius 3 is 2.42 bits per heavy atom. The van der Waals surface area contributed by atoms with Crippen LogP contribution in [-0.4, -0.2) is 43.6 Å². The van der Waals surface area contributed by atoms with Crippen LogP contribution in [0.5, 0.6) is 23.3 Å². The summed E-state index contributed by atoms with van der Waals surface area (Å²) in [6.07, 6.45) is 1.61. The zero-order valence-corrected chi connectivity index (χ0v) is 22.6. The van der Waals surface area contributed by atoms with Crippen LogP contribution in [0.2, 0.25) is 5.02 Å². The number of nitrogens with zero attached hydrogens (tertiary/aromatic N) is 6. The number of methoxy groups -OCH3 is 2. The molecule has 0 radical (unpaired) electrons. The number of hydrogen-bond acceptors (Lipinski definition) is 7. The van der Waals surface area contributed by atoms with Crippen molar-refractivity contribution in [2.45, 2.75) is 12.8 Å². The second-order valence-corrected chi connectivity index (χ2v) is 9.76. The van der Waals surface area contributed by atoms with E-state index in [-0.39, 0.29) is 5.92 Å². The highest BCUT2D eigenvalue weighted by atomic mass is 35.5. The van der Waals surface area contributed by atoms with Crippen LogP contribution in [0.3, 0.4) is 0 Å². The molecule has 40 heavy (non-hydrogen) atoms. The van der Waals surface area contributed by atoms with Crippen molar-refractivity contribution >= 4 is 17.2 Å². The number of benzene rings is 3. The minimum absolute atomic E-state index is 0.337. The lowest BCUT2D eigenvalue weighted by molar-refractivity contribution is 0.354. The van der Waals surface area contributed by atoms with Gasteiger partial charge in [-0.05, 0) is 48.9 Å². The van der Waals surface area contributed by atoms with E-state index in [0.29, 0.717) is 39.8 Å². The molecule has 3 aromatic heterocycles. The van der Waals surface area contributed by atoms with Gasteiger partial charge in [0.2, 0.25) is 11.8 Å². The van der Waals surface area contributed by atoms with Crippen LogP contribution in [0.25, 0.3) is 22.7 Å². The van der Waals surface area contributed by atoms with Crippen LogP contribution in [-0.2, 0) is 0 Å². The Labute approximate surface area is 234 Å². The van der Waals surface area contributed by atoms with Gasteiger partial charge in [0, 0.05) is 5.56 Å².